The predicted molar refractivity (Wildman–Crippen MR) is 215 cm³/mol. The van der Waals surface area contributed by atoms with Gasteiger partial charge in [0, 0.05) is 19.3 Å². The number of carbonyl (C=O) groups is 3. The van der Waals surface area contributed by atoms with Crippen molar-refractivity contribution in [2.45, 2.75) is 252 Å². The molecule has 1 atom stereocenters. The van der Waals surface area contributed by atoms with Gasteiger partial charge < -0.3 is 14.2 Å². The van der Waals surface area contributed by atoms with Gasteiger partial charge in [-0.15, -0.1) is 0 Å². The lowest BCUT2D eigenvalue weighted by Gasteiger charge is -2.18. The Hall–Kier alpha value is -1.59. The first-order valence-corrected chi connectivity index (χ1v) is 22.4. The second-order valence-electron chi connectivity index (χ2n) is 15.8. The van der Waals surface area contributed by atoms with Gasteiger partial charge in [0.1, 0.15) is 13.2 Å². The van der Waals surface area contributed by atoms with Gasteiger partial charge in [-0.25, -0.2) is 0 Å². The van der Waals surface area contributed by atoms with E-state index in [4.69, 9.17) is 14.2 Å². The summed E-state index contributed by atoms with van der Waals surface area (Å²) in [7, 11) is 0. The molecule has 0 aliphatic rings. The van der Waals surface area contributed by atoms with Crippen molar-refractivity contribution in [3.05, 3.63) is 0 Å². The van der Waals surface area contributed by atoms with Gasteiger partial charge >= 0.3 is 17.9 Å². The van der Waals surface area contributed by atoms with Gasteiger partial charge in [-0.2, -0.15) is 0 Å². The summed E-state index contributed by atoms with van der Waals surface area (Å²) in [6.07, 6.45) is 38.1. The normalized spacial score (nSPS) is 11.9. The second kappa shape index (κ2) is 39.6. The smallest absolute Gasteiger partial charge is 0.306 e. The van der Waals surface area contributed by atoms with Crippen molar-refractivity contribution in [1.82, 2.24) is 0 Å². The molecular formula is C45H86O6. The summed E-state index contributed by atoms with van der Waals surface area (Å²) in [6, 6.07) is 0. The first-order chi connectivity index (χ1) is 24.9. The third kappa shape index (κ3) is 39.5. The summed E-state index contributed by atoms with van der Waals surface area (Å²) in [5, 5.41) is 0. The minimum absolute atomic E-state index is 0.0643. The molecule has 0 rings (SSSR count). The Morgan fingerprint density at radius 3 is 0.961 bits per heavy atom. The van der Waals surface area contributed by atoms with E-state index in [1.807, 2.05) is 0 Å². The molecule has 0 unspecified atom stereocenters. The summed E-state index contributed by atoms with van der Waals surface area (Å²) in [5.74, 6) is -0.0242. The molecule has 0 aromatic heterocycles. The average molecular weight is 723 g/mol. The minimum Gasteiger partial charge on any atom is -0.462 e. The highest BCUT2D eigenvalue weighted by molar-refractivity contribution is 5.71. The number of unbranched alkanes of at least 4 members (excludes halogenated alkanes) is 27. The number of hydrogen-bond acceptors (Lipinski definition) is 6. The fourth-order valence-corrected chi connectivity index (χ4v) is 6.63. The zero-order valence-electron chi connectivity index (χ0n) is 34.6. The lowest BCUT2D eigenvalue weighted by molar-refractivity contribution is -0.167. The van der Waals surface area contributed by atoms with Crippen LogP contribution in [0.3, 0.4) is 0 Å². The van der Waals surface area contributed by atoms with Gasteiger partial charge in [0.2, 0.25) is 0 Å². The van der Waals surface area contributed by atoms with Crippen molar-refractivity contribution in [1.29, 1.82) is 0 Å². The molecule has 0 aliphatic heterocycles. The number of carbonyl (C=O) groups excluding carboxylic acids is 3. The van der Waals surface area contributed by atoms with Crippen LogP contribution in [-0.4, -0.2) is 37.2 Å². The lowest BCUT2D eigenvalue weighted by Crippen LogP contribution is -2.30. The van der Waals surface area contributed by atoms with Crippen LogP contribution in [0.2, 0.25) is 0 Å². The molecule has 6 nitrogen and oxygen atoms in total. The quantitative estimate of drug-likeness (QED) is 0.0356. The van der Waals surface area contributed by atoms with Crippen molar-refractivity contribution >= 4 is 17.9 Å². The molecule has 0 saturated heterocycles. The van der Waals surface area contributed by atoms with Gasteiger partial charge in [0.25, 0.3) is 0 Å². The maximum absolute atomic E-state index is 12.7. The van der Waals surface area contributed by atoms with Crippen molar-refractivity contribution in [2.75, 3.05) is 13.2 Å². The molecule has 302 valence electrons. The molecule has 0 N–H and O–H groups in total. The average Bonchev–Trinajstić information content (AvgIpc) is 3.11. The molecule has 0 saturated carbocycles. The molecule has 0 spiro atoms. The molecule has 0 amide bonds. The molecule has 0 radical (unpaired) electrons. The standard InChI is InChI=1S/C45H86O6/c1-5-7-9-11-13-14-21-25-29-33-37-44(47)50-40-42(39-49-43(46)36-32-28-23-12-10-8-6-2)51-45(48)38-34-30-26-22-19-17-15-16-18-20-24-27-31-35-41(3)4/h41-42H,5-40H2,1-4H3/t42-/m1/s1. The van der Waals surface area contributed by atoms with E-state index in [1.54, 1.807) is 0 Å². The number of ether oxygens (including phenoxy) is 3. The van der Waals surface area contributed by atoms with Crippen LogP contribution in [0.4, 0.5) is 0 Å². The molecule has 0 aliphatic carbocycles. The summed E-state index contributed by atoms with van der Waals surface area (Å²) in [5.41, 5.74) is 0. The summed E-state index contributed by atoms with van der Waals surface area (Å²) in [4.78, 5) is 37.5. The van der Waals surface area contributed by atoms with Gasteiger partial charge in [-0.3, -0.25) is 14.4 Å². The van der Waals surface area contributed by atoms with Crippen LogP contribution in [0.1, 0.15) is 246 Å². The molecule has 0 aromatic rings. The number of rotatable bonds is 40. The largest absolute Gasteiger partial charge is 0.462 e. The van der Waals surface area contributed by atoms with Gasteiger partial charge in [0.05, 0.1) is 0 Å². The predicted octanol–water partition coefficient (Wildman–Crippen LogP) is 13.9. The van der Waals surface area contributed by atoms with E-state index in [1.165, 1.54) is 141 Å². The van der Waals surface area contributed by atoms with Gasteiger partial charge in [-0.1, -0.05) is 207 Å². The third-order valence-corrected chi connectivity index (χ3v) is 10.0. The highest BCUT2D eigenvalue weighted by atomic mass is 16.6. The Morgan fingerprint density at radius 2 is 0.647 bits per heavy atom. The SMILES string of the molecule is CCCCCCCCCCCCC(=O)OC[C@@H](COC(=O)CCCCCCCCC)OC(=O)CCCCCCCCCCCCCCCC(C)C. The topological polar surface area (TPSA) is 78.9 Å². The molecule has 0 aromatic carbocycles. The third-order valence-electron chi connectivity index (χ3n) is 10.0. The zero-order valence-corrected chi connectivity index (χ0v) is 34.6. The Balaban J connectivity index is 4.24. The molecule has 6 heteroatoms. The summed E-state index contributed by atoms with van der Waals surface area (Å²) in [6.45, 7) is 8.95. The van der Waals surface area contributed by atoms with Crippen LogP contribution in [0.5, 0.6) is 0 Å². The fourth-order valence-electron chi connectivity index (χ4n) is 6.63. The van der Waals surface area contributed by atoms with Crippen LogP contribution in [0, 0.1) is 5.92 Å². The molecule has 0 heterocycles. The van der Waals surface area contributed by atoms with E-state index in [0.29, 0.717) is 19.3 Å². The van der Waals surface area contributed by atoms with Crippen molar-refractivity contribution in [3.8, 4) is 0 Å². The summed E-state index contributed by atoms with van der Waals surface area (Å²) < 4.78 is 16.6. The first-order valence-electron chi connectivity index (χ1n) is 22.4. The highest BCUT2D eigenvalue weighted by Gasteiger charge is 2.19. The minimum atomic E-state index is -0.757. The van der Waals surface area contributed by atoms with E-state index in [-0.39, 0.29) is 31.1 Å². The second-order valence-corrected chi connectivity index (χ2v) is 15.8. The molecule has 0 bridgehead atoms. The highest BCUT2D eigenvalue weighted by Crippen LogP contribution is 2.16. The molecular weight excluding hydrogens is 636 g/mol. The van der Waals surface area contributed by atoms with E-state index < -0.39 is 6.10 Å². The van der Waals surface area contributed by atoms with Crippen LogP contribution in [0.25, 0.3) is 0 Å². The van der Waals surface area contributed by atoms with Gasteiger partial charge in [-0.05, 0) is 25.2 Å². The Bertz CT molecular complexity index is 766. The lowest BCUT2D eigenvalue weighted by atomic mass is 10.0. The van der Waals surface area contributed by atoms with Crippen LogP contribution >= 0.6 is 0 Å². The molecule has 0 fully saturated rings. The van der Waals surface area contributed by atoms with Crippen LogP contribution < -0.4 is 0 Å². The van der Waals surface area contributed by atoms with Crippen LogP contribution in [-0.2, 0) is 28.6 Å². The van der Waals surface area contributed by atoms with Gasteiger partial charge in [0.15, 0.2) is 6.10 Å². The number of esters is 3. The van der Waals surface area contributed by atoms with E-state index in [9.17, 15) is 14.4 Å². The van der Waals surface area contributed by atoms with Crippen molar-refractivity contribution in [2.24, 2.45) is 5.92 Å². The Morgan fingerprint density at radius 1 is 0.373 bits per heavy atom. The maximum atomic E-state index is 12.7. The first kappa shape index (κ1) is 49.4. The number of hydrogen-bond donors (Lipinski definition) is 0. The van der Waals surface area contributed by atoms with E-state index >= 15 is 0 Å². The van der Waals surface area contributed by atoms with Crippen molar-refractivity contribution in [3.63, 3.8) is 0 Å². The zero-order chi connectivity index (χ0) is 37.5. The van der Waals surface area contributed by atoms with Crippen LogP contribution in [0.15, 0.2) is 0 Å². The molecule has 51 heavy (non-hydrogen) atoms. The summed E-state index contributed by atoms with van der Waals surface area (Å²) >= 11 is 0. The fraction of sp³-hybridized carbons (Fsp3) is 0.933. The van der Waals surface area contributed by atoms with E-state index in [0.717, 1.165) is 63.7 Å². The Kier molecular flexibility index (Phi) is 38.4. The van der Waals surface area contributed by atoms with E-state index in [2.05, 4.69) is 27.7 Å². The maximum Gasteiger partial charge on any atom is 0.306 e. The monoisotopic (exact) mass is 723 g/mol. The Labute approximate surface area is 317 Å². The van der Waals surface area contributed by atoms with Crippen molar-refractivity contribution < 1.29 is 28.6 Å².